The van der Waals surface area contributed by atoms with Gasteiger partial charge in [-0.05, 0) is 61.3 Å². The van der Waals surface area contributed by atoms with Crippen molar-refractivity contribution in [2.24, 2.45) is 11.8 Å². The zero-order valence-corrected chi connectivity index (χ0v) is 20.0. The van der Waals surface area contributed by atoms with Crippen molar-refractivity contribution in [3.05, 3.63) is 47.2 Å². The molecule has 4 heteroatoms. The van der Waals surface area contributed by atoms with E-state index in [1.807, 2.05) is 6.07 Å². The Morgan fingerprint density at radius 3 is 2.06 bits per heavy atom. The van der Waals surface area contributed by atoms with Crippen LogP contribution in [0.1, 0.15) is 102 Å². The van der Waals surface area contributed by atoms with E-state index >= 15 is 0 Å². The maximum Gasteiger partial charge on any atom is 0.168 e. The van der Waals surface area contributed by atoms with E-state index in [0.29, 0.717) is 23.6 Å². The molecule has 0 saturated heterocycles. The molecule has 0 atom stereocenters. The second-order valence-electron chi connectivity index (χ2n) is 9.69. The predicted octanol–water partition coefficient (Wildman–Crippen LogP) is 8.47. The van der Waals surface area contributed by atoms with E-state index in [4.69, 9.17) is 0 Å². The number of aromatic nitrogens is 2. The van der Waals surface area contributed by atoms with E-state index in [0.717, 1.165) is 43.7 Å². The van der Waals surface area contributed by atoms with Crippen LogP contribution in [0.15, 0.2) is 24.3 Å². The van der Waals surface area contributed by atoms with Gasteiger partial charge in [0.25, 0.3) is 0 Å². The molecule has 0 unspecified atom stereocenters. The molecular weight excluding hydrogens is 402 g/mol. The number of benzene rings is 1. The number of hydrogen-bond acceptors (Lipinski definition) is 2. The molecule has 176 valence electrons. The van der Waals surface area contributed by atoms with Crippen LogP contribution in [0.2, 0.25) is 0 Å². The Morgan fingerprint density at radius 1 is 0.719 bits per heavy atom. The van der Waals surface area contributed by atoms with Gasteiger partial charge >= 0.3 is 0 Å². The Hall–Kier alpha value is -1.84. The lowest BCUT2D eigenvalue weighted by Gasteiger charge is -2.28. The third-order valence-electron chi connectivity index (χ3n) is 7.20. The van der Waals surface area contributed by atoms with Gasteiger partial charge in [0, 0.05) is 5.56 Å². The van der Waals surface area contributed by atoms with Crippen molar-refractivity contribution in [3.63, 3.8) is 0 Å². The number of halogens is 2. The first-order valence-electron chi connectivity index (χ1n) is 12.9. The summed E-state index contributed by atoms with van der Waals surface area (Å²) in [7, 11) is 0. The molecule has 1 saturated carbocycles. The molecule has 1 aliphatic rings. The molecule has 0 radical (unpaired) electrons. The summed E-state index contributed by atoms with van der Waals surface area (Å²) in [5, 5.41) is 8.36. The first kappa shape index (κ1) is 24.8. The first-order chi connectivity index (χ1) is 15.6. The van der Waals surface area contributed by atoms with E-state index < -0.39 is 11.6 Å². The van der Waals surface area contributed by atoms with Gasteiger partial charge < -0.3 is 0 Å². The summed E-state index contributed by atoms with van der Waals surface area (Å²) in [6.07, 6.45) is 16.2. The third-order valence-corrected chi connectivity index (χ3v) is 7.20. The molecule has 1 aromatic carbocycles. The average molecular weight is 443 g/mol. The highest BCUT2D eigenvalue weighted by atomic mass is 19.2. The van der Waals surface area contributed by atoms with Gasteiger partial charge in [-0.2, -0.15) is 10.2 Å². The van der Waals surface area contributed by atoms with Crippen molar-refractivity contribution in [2.45, 2.75) is 104 Å². The molecule has 1 fully saturated rings. The fraction of sp³-hybridized carbons (Fsp3) is 0.643. The van der Waals surface area contributed by atoms with Gasteiger partial charge in [0.1, 0.15) is 0 Å². The summed E-state index contributed by atoms with van der Waals surface area (Å²) >= 11 is 0. The highest BCUT2D eigenvalue weighted by molar-refractivity contribution is 5.60. The molecular formula is C28H40F2N2. The van der Waals surface area contributed by atoms with Crippen LogP contribution in [-0.2, 0) is 12.8 Å². The van der Waals surface area contributed by atoms with Gasteiger partial charge in [-0.15, -0.1) is 0 Å². The zero-order chi connectivity index (χ0) is 22.8. The number of aryl methyl sites for hydroxylation is 2. The van der Waals surface area contributed by atoms with E-state index in [2.05, 4.69) is 24.0 Å². The van der Waals surface area contributed by atoms with Gasteiger partial charge in [-0.3, -0.25) is 0 Å². The van der Waals surface area contributed by atoms with Gasteiger partial charge in [-0.1, -0.05) is 84.1 Å². The molecule has 0 spiro atoms. The van der Waals surface area contributed by atoms with E-state index in [1.165, 1.54) is 51.4 Å². The van der Waals surface area contributed by atoms with Gasteiger partial charge in [0.15, 0.2) is 11.6 Å². The second-order valence-corrected chi connectivity index (χ2v) is 9.69. The molecule has 32 heavy (non-hydrogen) atoms. The Kier molecular flexibility index (Phi) is 10.1. The van der Waals surface area contributed by atoms with Crippen LogP contribution < -0.4 is 0 Å². The Labute approximate surface area is 193 Å². The smallest absolute Gasteiger partial charge is 0.168 e. The van der Waals surface area contributed by atoms with Crippen LogP contribution in [0, 0.1) is 23.5 Å². The summed E-state index contributed by atoms with van der Waals surface area (Å²) < 4.78 is 29.6. The maximum atomic E-state index is 14.8. The molecule has 1 aromatic heterocycles. The van der Waals surface area contributed by atoms with Crippen molar-refractivity contribution >= 4 is 0 Å². The molecule has 0 N–H and O–H groups in total. The average Bonchev–Trinajstić information content (AvgIpc) is 2.82. The van der Waals surface area contributed by atoms with E-state index in [1.54, 1.807) is 18.2 Å². The van der Waals surface area contributed by atoms with E-state index in [9.17, 15) is 8.78 Å². The largest absolute Gasteiger partial charge is 0.203 e. The summed E-state index contributed by atoms with van der Waals surface area (Å²) in [4.78, 5) is 0. The first-order valence-corrected chi connectivity index (χ1v) is 12.9. The SMILES string of the molecule is CCCCCc1ccc(-c2ccc(CC[C@H]3CC[C@H](CCCCC)CC3)c(F)c2F)nn1. The molecule has 0 amide bonds. The Balaban J connectivity index is 1.52. The van der Waals surface area contributed by atoms with Crippen LogP contribution in [0.25, 0.3) is 11.3 Å². The van der Waals surface area contributed by atoms with Crippen LogP contribution in [0.3, 0.4) is 0 Å². The van der Waals surface area contributed by atoms with Crippen molar-refractivity contribution in [3.8, 4) is 11.3 Å². The number of unbranched alkanes of at least 4 members (excludes halogenated alkanes) is 4. The highest BCUT2D eigenvalue weighted by Gasteiger charge is 2.22. The summed E-state index contributed by atoms with van der Waals surface area (Å²) in [5.41, 5.74) is 1.99. The fourth-order valence-electron chi connectivity index (χ4n) is 5.02. The minimum Gasteiger partial charge on any atom is -0.203 e. The molecule has 2 aromatic rings. The predicted molar refractivity (Wildman–Crippen MR) is 129 cm³/mol. The monoisotopic (exact) mass is 442 g/mol. The lowest BCUT2D eigenvalue weighted by Crippen LogP contribution is -2.15. The summed E-state index contributed by atoms with van der Waals surface area (Å²) in [6, 6.07) is 7.03. The topological polar surface area (TPSA) is 25.8 Å². The molecule has 1 aliphatic carbocycles. The molecule has 0 aliphatic heterocycles. The fourth-order valence-corrected chi connectivity index (χ4v) is 5.02. The van der Waals surface area contributed by atoms with Crippen molar-refractivity contribution in [1.29, 1.82) is 0 Å². The minimum absolute atomic E-state index is 0.200. The van der Waals surface area contributed by atoms with Gasteiger partial charge in [0.2, 0.25) is 0 Å². The number of rotatable bonds is 12. The zero-order valence-electron chi connectivity index (χ0n) is 20.0. The Morgan fingerprint density at radius 2 is 1.41 bits per heavy atom. The van der Waals surface area contributed by atoms with Crippen LogP contribution in [-0.4, -0.2) is 10.2 Å². The second kappa shape index (κ2) is 13.0. The van der Waals surface area contributed by atoms with Crippen molar-refractivity contribution < 1.29 is 8.78 Å². The molecule has 2 nitrogen and oxygen atoms in total. The van der Waals surface area contributed by atoms with Crippen LogP contribution in [0.4, 0.5) is 8.78 Å². The van der Waals surface area contributed by atoms with Gasteiger partial charge in [0.05, 0.1) is 11.4 Å². The number of hydrogen-bond donors (Lipinski definition) is 0. The van der Waals surface area contributed by atoms with Crippen molar-refractivity contribution in [1.82, 2.24) is 10.2 Å². The minimum atomic E-state index is -0.796. The van der Waals surface area contributed by atoms with Crippen LogP contribution >= 0.6 is 0 Å². The standard InChI is InChI=1S/C28H40F2N2/c1-3-5-7-9-21-11-13-22(14-12-21)15-16-23-17-19-25(28(30)27(23)29)26-20-18-24(31-32-26)10-8-6-4-2/h17-22H,3-16H2,1-2H3/t21-,22-. The maximum absolute atomic E-state index is 14.8. The number of nitrogens with zero attached hydrogens (tertiary/aromatic N) is 2. The third kappa shape index (κ3) is 7.08. The molecule has 3 rings (SSSR count). The van der Waals surface area contributed by atoms with Crippen LogP contribution in [0.5, 0.6) is 0 Å². The molecule has 1 heterocycles. The lowest BCUT2D eigenvalue weighted by molar-refractivity contribution is 0.248. The summed E-state index contributed by atoms with van der Waals surface area (Å²) in [5.74, 6) is 0.0100. The van der Waals surface area contributed by atoms with E-state index in [-0.39, 0.29) is 5.56 Å². The Bertz CT molecular complexity index is 811. The summed E-state index contributed by atoms with van der Waals surface area (Å²) in [6.45, 7) is 4.42. The molecule has 0 bridgehead atoms. The highest BCUT2D eigenvalue weighted by Crippen LogP contribution is 2.35. The normalized spacial score (nSPS) is 18.8. The quantitative estimate of drug-likeness (QED) is 0.308. The van der Waals surface area contributed by atoms with Gasteiger partial charge in [-0.25, -0.2) is 8.78 Å². The van der Waals surface area contributed by atoms with Crippen molar-refractivity contribution in [2.75, 3.05) is 0 Å². The lowest BCUT2D eigenvalue weighted by atomic mass is 9.77.